The Kier molecular flexibility index (Phi) is 5.86. The Morgan fingerprint density at radius 2 is 1.38 bits per heavy atom. The SMILES string of the molecule is O=C(CCN1CCCC1)N1CCN(C(=O)Cc2ccccc2)CC1. The summed E-state index contributed by atoms with van der Waals surface area (Å²) in [6.45, 7) is 5.79. The molecular formula is C19H27N3O2. The van der Waals surface area contributed by atoms with Crippen molar-refractivity contribution in [1.82, 2.24) is 14.7 Å². The molecule has 5 heteroatoms. The molecule has 2 saturated heterocycles. The first-order valence-corrected chi connectivity index (χ1v) is 9.04. The van der Waals surface area contributed by atoms with E-state index in [-0.39, 0.29) is 11.8 Å². The zero-order valence-corrected chi connectivity index (χ0v) is 14.3. The van der Waals surface area contributed by atoms with E-state index in [1.807, 2.05) is 40.1 Å². The Hall–Kier alpha value is -1.88. The summed E-state index contributed by atoms with van der Waals surface area (Å²) < 4.78 is 0. The smallest absolute Gasteiger partial charge is 0.227 e. The fourth-order valence-corrected chi connectivity index (χ4v) is 3.51. The summed E-state index contributed by atoms with van der Waals surface area (Å²) in [6, 6.07) is 9.84. The zero-order chi connectivity index (χ0) is 16.8. The summed E-state index contributed by atoms with van der Waals surface area (Å²) in [6.07, 6.45) is 3.58. The third-order valence-corrected chi connectivity index (χ3v) is 5.02. The molecule has 2 heterocycles. The lowest BCUT2D eigenvalue weighted by atomic mass is 10.1. The van der Waals surface area contributed by atoms with E-state index in [1.165, 1.54) is 12.8 Å². The van der Waals surface area contributed by atoms with Crippen molar-refractivity contribution < 1.29 is 9.59 Å². The Balaban J connectivity index is 1.40. The van der Waals surface area contributed by atoms with Gasteiger partial charge in [-0.2, -0.15) is 0 Å². The highest BCUT2D eigenvalue weighted by Gasteiger charge is 2.24. The highest BCUT2D eigenvalue weighted by Crippen LogP contribution is 2.10. The first kappa shape index (κ1) is 17.0. The van der Waals surface area contributed by atoms with Gasteiger partial charge in [0.1, 0.15) is 0 Å². The van der Waals surface area contributed by atoms with Crippen molar-refractivity contribution in [3.05, 3.63) is 35.9 Å². The van der Waals surface area contributed by atoms with Gasteiger partial charge in [0.25, 0.3) is 0 Å². The Morgan fingerprint density at radius 3 is 2.00 bits per heavy atom. The molecular weight excluding hydrogens is 302 g/mol. The van der Waals surface area contributed by atoms with E-state index in [9.17, 15) is 9.59 Å². The van der Waals surface area contributed by atoms with Gasteiger partial charge in [0, 0.05) is 39.1 Å². The van der Waals surface area contributed by atoms with Crippen LogP contribution in [0.4, 0.5) is 0 Å². The molecule has 0 bridgehead atoms. The van der Waals surface area contributed by atoms with Crippen molar-refractivity contribution in [2.75, 3.05) is 45.8 Å². The number of likely N-dealkylation sites (tertiary alicyclic amines) is 1. The van der Waals surface area contributed by atoms with E-state index in [0.29, 0.717) is 39.0 Å². The van der Waals surface area contributed by atoms with Gasteiger partial charge >= 0.3 is 0 Å². The highest BCUT2D eigenvalue weighted by atomic mass is 16.2. The third-order valence-electron chi connectivity index (χ3n) is 5.02. The van der Waals surface area contributed by atoms with Crippen molar-refractivity contribution in [2.24, 2.45) is 0 Å². The van der Waals surface area contributed by atoms with Gasteiger partial charge < -0.3 is 14.7 Å². The molecule has 0 radical (unpaired) electrons. The molecule has 2 fully saturated rings. The van der Waals surface area contributed by atoms with Gasteiger partial charge in [0.2, 0.25) is 11.8 Å². The summed E-state index contributed by atoms with van der Waals surface area (Å²) in [5.41, 5.74) is 1.05. The van der Waals surface area contributed by atoms with Gasteiger partial charge in [0.15, 0.2) is 0 Å². The van der Waals surface area contributed by atoms with Crippen molar-refractivity contribution in [1.29, 1.82) is 0 Å². The molecule has 2 aliphatic heterocycles. The number of benzene rings is 1. The second kappa shape index (κ2) is 8.29. The van der Waals surface area contributed by atoms with Crippen LogP contribution in [0.5, 0.6) is 0 Å². The monoisotopic (exact) mass is 329 g/mol. The fraction of sp³-hybridized carbons (Fsp3) is 0.579. The molecule has 130 valence electrons. The van der Waals surface area contributed by atoms with Crippen LogP contribution >= 0.6 is 0 Å². The van der Waals surface area contributed by atoms with Gasteiger partial charge in [-0.1, -0.05) is 30.3 Å². The van der Waals surface area contributed by atoms with Crippen LogP contribution in [0.15, 0.2) is 30.3 Å². The summed E-state index contributed by atoms with van der Waals surface area (Å²) in [7, 11) is 0. The maximum absolute atomic E-state index is 12.4. The first-order chi connectivity index (χ1) is 11.7. The van der Waals surface area contributed by atoms with Crippen molar-refractivity contribution >= 4 is 11.8 Å². The molecule has 2 amide bonds. The Morgan fingerprint density at radius 1 is 0.792 bits per heavy atom. The number of nitrogens with zero attached hydrogens (tertiary/aromatic N) is 3. The minimum Gasteiger partial charge on any atom is -0.339 e. The standard InChI is InChI=1S/C19H27N3O2/c23-18(8-11-20-9-4-5-10-20)21-12-14-22(15-13-21)19(24)16-17-6-2-1-3-7-17/h1-3,6-7H,4-5,8-16H2. The minimum absolute atomic E-state index is 0.158. The number of hydrogen-bond acceptors (Lipinski definition) is 3. The van der Waals surface area contributed by atoms with Crippen molar-refractivity contribution in [3.63, 3.8) is 0 Å². The predicted octanol–water partition coefficient (Wildman–Crippen LogP) is 1.39. The molecule has 24 heavy (non-hydrogen) atoms. The van der Waals surface area contributed by atoms with Crippen molar-refractivity contribution in [2.45, 2.75) is 25.7 Å². The number of carbonyl (C=O) groups excluding carboxylic acids is 2. The van der Waals surface area contributed by atoms with Crippen LogP contribution in [0.2, 0.25) is 0 Å². The van der Waals surface area contributed by atoms with E-state index in [2.05, 4.69) is 4.90 Å². The lowest BCUT2D eigenvalue weighted by molar-refractivity contribution is -0.139. The number of rotatable bonds is 5. The van der Waals surface area contributed by atoms with E-state index in [1.54, 1.807) is 0 Å². The average Bonchev–Trinajstić information content (AvgIpc) is 3.14. The summed E-state index contributed by atoms with van der Waals surface area (Å²) in [5, 5.41) is 0. The quantitative estimate of drug-likeness (QED) is 0.820. The largest absolute Gasteiger partial charge is 0.339 e. The number of hydrogen-bond donors (Lipinski definition) is 0. The maximum atomic E-state index is 12.4. The molecule has 0 aliphatic carbocycles. The van der Waals surface area contributed by atoms with Gasteiger partial charge in [-0.25, -0.2) is 0 Å². The van der Waals surface area contributed by atoms with Gasteiger partial charge in [-0.3, -0.25) is 9.59 Å². The Labute approximate surface area is 144 Å². The van der Waals surface area contributed by atoms with Crippen molar-refractivity contribution in [3.8, 4) is 0 Å². The summed E-state index contributed by atoms with van der Waals surface area (Å²) in [5.74, 6) is 0.391. The molecule has 5 nitrogen and oxygen atoms in total. The molecule has 1 aromatic carbocycles. The normalized spacial score (nSPS) is 18.8. The molecule has 1 aromatic rings. The number of piperazine rings is 1. The number of amides is 2. The molecule has 3 rings (SSSR count). The maximum Gasteiger partial charge on any atom is 0.227 e. The zero-order valence-electron chi connectivity index (χ0n) is 14.3. The van der Waals surface area contributed by atoms with E-state index in [4.69, 9.17) is 0 Å². The molecule has 0 N–H and O–H groups in total. The Bertz CT molecular complexity index is 547. The molecule has 0 unspecified atom stereocenters. The van der Waals surface area contributed by atoms with Crippen LogP contribution in [0.1, 0.15) is 24.8 Å². The second-order valence-corrected chi connectivity index (χ2v) is 6.72. The minimum atomic E-state index is 0.158. The van der Waals surface area contributed by atoms with Crippen LogP contribution in [-0.4, -0.2) is 72.3 Å². The van der Waals surface area contributed by atoms with Gasteiger partial charge in [-0.15, -0.1) is 0 Å². The average molecular weight is 329 g/mol. The molecule has 0 aromatic heterocycles. The topological polar surface area (TPSA) is 43.9 Å². The van der Waals surface area contributed by atoms with E-state index in [0.717, 1.165) is 25.2 Å². The van der Waals surface area contributed by atoms with Crippen LogP contribution < -0.4 is 0 Å². The first-order valence-electron chi connectivity index (χ1n) is 9.04. The lowest BCUT2D eigenvalue weighted by Crippen LogP contribution is -2.51. The highest BCUT2D eigenvalue weighted by molar-refractivity contribution is 5.80. The van der Waals surface area contributed by atoms with Crippen LogP contribution in [0.25, 0.3) is 0 Å². The third kappa shape index (κ3) is 4.57. The lowest BCUT2D eigenvalue weighted by Gasteiger charge is -2.35. The van der Waals surface area contributed by atoms with Gasteiger partial charge in [-0.05, 0) is 31.5 Å². The molecule has 0 spiro atoms. The van der Waals surface area contributed by atoms with Crippen LogP contribution in [0.3, 0.4) is 0 Å². The fourth-order valence-electron chi connectivity index (χ4n) is 3.51. The van der Waals surface area contributed by atoms with E-state index < -0.39 is 0 Å². The summed E-state index contributed by atoms with van der Waals surface area (Å²) >= 11 is 0. The predicted molar refractivity (Wildman–Crippen MR) is 93.6 cm³/mol. The van der Waals surface area contributed by atoms with E-state index >= 15 is 0 Å². The van der Waals surface area contributed by atoms with Crippen LogP contribution in [-0.2, 0) is 16.0 Å². The number of carbonyl (C=O) groups is 2. The molecule has 0 saturated carbocycles. The second-order valence-electron chi connectivity index (χ2n) is 6.72. The van der Waals surface area contributed by atoms with Gasteiger partial charge in [0.05, 0.1) is 6.42 Å². The molecule has 2 aliphatic rings. The summed E-state index contributed by atoms with van der Waals surface area (Å²) in [4.78, 5) is 30.9. The van der Waals surface area contributed by atoms with Crippen LogP contribution in [0, 0.1) is 0 Å². The molecule has 0 atom stereocenters.